The highest BCUT2D eigenvalue weighted by Crippen LogP contribution is 2.30. The molecule has 156 valence electrons. The number of likely N-dealkylation sites (N-methyl/N-ethyl adjacent to an activating group) is 1. The van der Waals surface area contributed by atoms with Gasteiger partial charge >= 0.3 is 0 Å². The van der Waals surface area contributed by atoms with Crippen LogP contribution in [0.15, 0.2) is 42.5 Å². The van der Waals surface area contributed by atoms with E-state index in [0.717, 1.165) is 17.5 Å². The van der Waals surface area contributed by atoms with E-state index in [1.807, 2.05) is 14.1 Å². The van der Waals surface area contributed by atoms with E-state index in [4.69, 9.17) is 0 Å². The van der Waals surface area contributed by atoms with Gasteiger partial charge in [-0.25, -0.2) is 8.42 Å². The Morgan fingerprint density at radius 3 is 2.45 bits per heavy atom. The third-order valence-electron chi connectivity index (χ3n) is 5.45. The lowest BCUT2D eigenvalue weighted by molar-refractivity contribution is 0.0942. The molecule has 1 amide bonds. The van der Waals surface area contributed by atoms with Crippen LogP contribution in [-0.4, -0.2) is 52.7 Å². The molecule has 0 bridgehead atoms. The average Bonchev–Trinajstić information content (AvgIpc) is 3.12. The largest absolute Gasteiger partial charge is 0.350 e. The van der Waals surface area contributed by atoms with E-state index in [1.165, 1.54) is 16.1 Å². The van der Waals surface area contributed by atoms with E-state index in [9.17, 15) is 13.2 Å². The first-order valence-electron chi connectivity index (χ1n) is 9.84. The minimum absolute atomic E-state index is 0.0695. The molecule has 6 nitrogen and oxygen atoms in total. The number of sulfonamides is 1. The van der Waals surface area contributed by atoms with Gasteiger partial charge in [-0.05, 0) is 61.8 Å². The van der Waals surface area contributed by atoms with Gasteiger partial charge in [-0.15, -0.1) is 0 Å². The summed E-state index contributed by atoms with van der Waals surface area (Å²) in [6, 6.07) is 13.8. The van der Waals surface area contributed by atoms with E-state index in [-0.39, 0.29) is 11.9 Å². The number of nitrogens with one attached hydrogen (secondary N) is 1. The van der Waals surface area contributed by atoms with Crippen molar-refractivity contribution in [3.8, 4) is 0 Å². The number of hydrogen-bond acceptors (Lipinski definition) is 4. The molecule has 0 radical (unpaired) electrons. The highest BCUT2D eigenvalue weighted by atomic mass is 32.2. The first-order chi connectivity index (χ1) is 13.7. The maximum atomic E-state index is 12.7. The fourth-order valence-electron chi connectivity index (χ4n) is 3.72. The summed E-state index contributed by atoms with van der Waals surface area (Å²) in [5.41, 5.74) is 4.56. The molecule has 1 N–H and O–H groups in total. The van der Waals surface area contributed by atoms with Gasteiger partial charge in [-0.1, -0.05) is 31.2 Å². The van der Waals surface area contributed by atoms with Crippen molar-refractivity contribution in [3.05, 3.63) is 64.7 Å². The molecule has 1 unspecified atom stereocenters. The molecule has 0 aliphatic carbocycles. The van der Waals surface area contributed by atoms with Crippen LogP contribution in [0.3, 0.4) is 0 Å². The van der Waals surface area contributed by atoms with Crippen molar-refractivity contribution in [3.63, 3.8) is 0 Å². The van der Waals surface area contributed by atoms with Crippen molar-refractivity contribution in [2.24, 2.45) is 0 Å². The van der Waals surface area contributed by atoms with E-state index < -0.39 is 10.0 Å². The number of amides is 1. The predicted octanol–water partition coefficient (Wildman–Crippen LogP) is 2.60. The first kappa shape index (κ1) is 21.3. The van der Waals surface area contributed by atoms with E-state index in [1.54, 1.807) is 18.2 Å². The summed E-state index contributed by atoms with van der Waals surface area (Å²) in [5.74, 6) is -0.150. The predicted molar refractivity (Wildman–Crippen MR) is 117 cm³/mol. The lowest BCUT2D eigenvalue weighted by Gasteiger charge is -2.25. The second-order valence-corrected chi connectivity index (χ2v) is 9.62. The summed E-state index contributed by atoms with van der Waals surface area (Å²) >= 11 is 0. The summed E-state index contributed by atoms with van der Waals surface area (Å²) in [6.45, 7) is 3.05. The lowest BCUT2D eigenvalue weighted by Crippen LogP contribution is -2.34. The summed E-state index contributed by atoms with van der Waals surface area (Å²) in [6.07, 6.45) is 2.82. The molecule has 1 aliphatic heterocycles. The first-order valence-corrected chi connectivity index (χ1v) is 11.7. The van der Waals surface area contributed by atoms with Gasteiger partial charge in [0.05, 0.1) is 18.0 Å². The fraction of sp³-hybridized carbons (Fsp3) is 0.409. The van der Waals surface area contributed by atoms with Crippen molar-refractivity contribution >= 4 is 21.6 Å². The second-order valence-electron chi connectivity index (χ2n) is 7.71. The Morgan fingerprint density at radius 2 is 1.86 bits per heavy atom. The van der Waals surface area contributed by atoms with E-state index in [2.05, 4.69) is 41.4 Å². The molecule has 3 rings (SSSR count). The summed E-state index contributed by atoms with van der Waals surface area (Å²) in [5, 5.41) is 3.03. The van der Waals surface area contributed by atoms with Crippen LogP contribution in [-0.2, 0) is 22.9 Å². The number of anilines is 1. The molecular weight excluding hydrogens is 386 g/mol. The minimum atomic E-state index is -3.29. The number of rotatable bonds is 7. The Bertz CT molecular complexity index is 985. The summed E-state index contributed by atoms with van der Waals surface area (Å²) in [7, 11) is 0.711. The van der Waals surface area contributed by atoms with Gasteiger partial charge in [0.25, 0.3) is 5.91 Å². The van der Waals surface area contributed by atoms with Crippen LogP contribution in [0, 0.1) is 0 Å². The number of aryl methyl sites for hydroxylation is 1. The molecule has 0 aromatic heterocycles. The Balaban J connectivity index is 1.71. The smallest absolute Gasteiger partial charge is 0.251 e. The van der Waals surface area contributed by atoms with Crippen LogP contribution in [0.4, 0.5) is 5.69 Å². The zero-order valence-electron chi connectivity index (χ0n) is 17.5. The van der Waals surface area contributed by atoms with Gasteiger partial charge in [0, 0.05) is 18.7 Å². The van der Waals surface area contributed by atoms with Crippen LogP contribution in [0.25, 0.3) is 0 Å². The standard InChI is InChI=1S/C22H29N3O3S/c1-5-16-6-8-17(9-7-16)21(24(2)3)15-23-22(26)19-10-11-20-18(14-19)12-13-25(20)29(4,27)28/h6-11,14,21H,5,12-13,15H2,1-4H3,(H,23,26). The van der Waals surface area contributed by atoms with Crippen LogP contribution >= 0.6 is 0 Å². The summed E-state index contributed by atoms with van der Waals surface area (Å²) in [4.78, 5) is 14.8. The molecule has 0 fully saturated rings. The molecule has 0 saturated carbocycles. The molecule has 1 heterocycles. The van der Waals surface area contributed by atoms with Crippen LogP contribution in [0.1, 0.15) is 40.0 Å². The number of nitrogens with zero attached hydrogens (tertiary/aromatic N) is 2. The van der Waals surface area contributed by atoms with Gasteiger partial charge in [-0.3, -0.25) is 9.10 Å². The third kappa shape index (κ3) is 4.79. The topological polar surface area (TPSA) is 69.7 Å². The molecule has 1 aliphatic rings. The molecule has 7 heteroatoms. The van der Waals surface area contributed by atoms with Crippen molar-refractivity contribution in [2.45, 2.75) is 25.8 Å². The Morgan fingerprint density at radius 1 is 1.17 bits per heavy atom. The third-order valence-corrected chi connectivity index (χ3v) is 6.63. The monoisotopic (exact) mass is 415 g/mol. The van der Waals surface area contributed by atoms with Gasteiger partial charge < -0.3 is 10.2 Å². The number of fused-ring (bicyclic) bond motifs is 1. The zero-order valence-corrected chi connectivity index (χ0v) is 18.3. The lowest BCUT2D eigenvalue weighted by atomic mass is 10.0. The van der Waals surface area contributed by atoms with Crippen LogP contribution in [0.5, 0.6) is 0 Å². The SMILES string of the molecule is CCc1ccc(C(CNC(=O)c2ccc3c(c2)CCN3S(C)(=O)=O)N(C)C)cc1. The van der Waals surface area contributed by atoms with Crippen molar-refractivity contribution < 1.29 is 13.2 Å². The van der Waals surface area contributed by atoms with Gasteiger partial charge in [0.1, 0.15) is 0 Å². The average molecular weight is 416 g/mol. The van der Waals surface area contributed by atoms with E-state index >= 15 is 0 Å². The van der Waals surface area contributed by atoms with Crippen LogP contribution < -0.4 is 9.62 Å². The number of carbonyl (C=O) groups is 1. The maximum Gasteiger partial charge on any atom is 0.251 e. The number of carbonyl (C=O) groups excluding carboxylic acids is 1. The Kier molecular flexibility index (Phi) is 6.29. The molecule has 2 aromatic rings. The highest BCUT2D eigenvalue weighted by Gasteiger charge is 2.27. The number of hydrogen-bond donors (Lipinski definition) is 1. The Hall–Kier alpha value is -2.38. The Labute approximate surface area is 173 Å². The maximum absolute atomic E-state index is 12.7. The molecular formula is C22H29N3O3S. The molecule has 0 saturated heterocycles. The summed E-state index contributed by atoms with van der Waals surface area (Å²) < 4.78 is 25.1. The molecule has 2 aromatic carbocycles. The zero-order chi connectivity index (χ0) is 21.2. The minimum Gasteiger partial charge on any atom is -0.350 e. The quantitative estimate of drug-likeness (QED) is 0.755. The van der Waals surface area contributed by atoms with Crippen LogP contribution in [0.2, 0.25) is 0 Å². The molecule has 1 atom stereocenters. The number of benzene rings is 2. The normalized spacial score (nSPS) is 14.7. The van der Waals surface area contributed by atoms with Gasteiger partial charge in [0.2, 0.25) is 10.0 Å². The van der Waals surface area contributed by atoms with Crippen molar-refractivity contribution in [1.29, 1.82) is 0 Å². The highest BCUT2D eigenvalue weighted by molar-refractivity contribution is 7.92. The van der Waals surface area contributed by atoms with Gasteiger partial charge in [-0.2, -0.15) is 0 Å². The molecule has 0 spiro atoms. The van der Waals surface area contributed by atoms with Crippen molar-refractivity contribution in [2.75, 3.05) is 37.7 Å². The second kappa shape index (κ2) is 8.55. The van der Waals surface area contributed by atoms with Crippen molar-refractivity contribution in [1.82, 2.24) is 10.2 Å². The van der Waals surface area contributed by atoms with E-state index in [0.29, 0.717) is 30.8 Å². The fourth-order valence-corrected chi connectivity index (χ4v) is 4.68. The molecule has 29 heavy (non-hydrogen) atoms. The van der Waals surface area contributed by atoms with Gasteiger partial charge in [0.15, 0.2) is 0 Å².